The highest BCUT2D eigenvalue weighted by atomic mass is 16.6. The van der Waals surface area contributed by atoms with Gasteiger partial charge in [0.25, 0.3) is 0 Å². The van der Waals surface area contributed by atoms with Gasteiger partial charge < -0.3 is 14.2 Å². The number of hydrogen-bond acceptors (Lipinski definition) is 6. The van der Waals surface area contributed by atoms with E-state index >= 15 is 0 Å². The molecule has 482 valence electrons. The van der Waals surface area contributed by atoms with E-state index in [1.54, 1.807) is 0 Å². The largest absolute Gasteiger partial charge is 0.462 e. The Morgan fingerprint density at radius 1 is 0.253 bits per heavy atom. The summed E-state index contributed by atoms with van der Waals surface area (Å²) in [4.78, 5) is 38.5. The molecule has 0 spiro atoms. The number of allylic oxidation sites excluding steroid dienone is 12. The Morgan fingerprint density at radius 2 is 0.470 bits per heavy atom. The fourth-order valence-electron chi connectivity index (χ4n) is 10.8. The Kier molecular flexibility index (Phi) is 68.6. The van der Waals surface area contributed by atoms with E-state index < -0.39 is 6.10 Å². The van der Waals surface area contributed by atoms with Crippen molar-refractivity contribution in [2.75, 3.05) is 13.2 Å². The molecule has 83 heavy (non-hydrogen) atoms. The summed E-state index contributed by atoms with van der Waals surface area (Å²) in [6, 6.07) is 0. The van der Waals surface area contributed by atoms with Gasteiger partial charge >= 0.3 is 17.9 Å². The summed E-state index contributed by atoms with van der Waals surface area (Å²) < 4.78 is 17.0. The van der Waals surface area contributed by atoms with Crippen LogP contribution in [0, 0.1) is 0 Å². The fourth-order valence-corrected chi connectivity index (χ4v) is 10.8. The van der Waals surface area contributed by atoms with Gasteiger partial charge in [-0.15, -0.1) is 0 Å². The summed E-state index contributed by atoms with van der Waals surface area (Å²) in [5.74, 6) is -0.862. The van der Waals surface area contributed by atoms with E-state index in [0.29, 0.717) is 19.3 Å². The van der Waals surface area contributed by atoms with Gasteiger partial charge in [0, 0.05) is 19.3 Å². The van der Waals surface area contributed by atoms with Crippen LogP contribution in [0.3, 0.4) is 0 Å². The molecule has 0 fully saturated rings. The van der Waals surface area contributed by atoms with Gasteiger partial charge in [-0.3, -0.25) is 14.4 Å². The standard InChI is InChI=1S/C77H138O6/c1-4-7-10-13-16-19-22-25-28-31-34-37-38-39-40-41-44-46-49-52-55-58-61-64-67-70-76(79)82-73-74(83-77(80)71-68-65-62-59-56-53-50-47-43-36-33-30-27-24-21-18-15-12-9-6-3)72-81-75(78)69-66-63-60-57-54-51-48-45-42-35-32-29-26-23-20-17-14-11-8-5-2/h7,10,16,19,25,28,34,37,39-40,44,46,74H,4-6,8-9,11-15,17-18,20-24,26-27,29-33,35-36,38,41-43,45,47-73H2,1-3H3/b10-7-,19-16-,28-25-,37-34-,40-39-,46-44-. The molecule has 0 radical (unpaired) electrons. The summed E-state index contributed by atoms with van der Waals surface area (Å²) in [6.45, 7) is 6.59. The van der Waals surface area contributed by atoms with E-state index in [9.17, 15) is 14.4 Å². The molecule has 0 aromatic carbocycles. The molecule has 1 unspecified atom stereocenters. The second-order valence-electron chi connectivity index (χ2n) is 24.5. The van der Waals surface area contributed by atoms with Crippen molar-refractivity contribution in [3.05, 3.63) is 72.9 Å². The lowest BCUT2D eigenvalue weighted by Crippen LogP contribution is -2.30. The number of ether oxygens (including phenoxy) is 3. The van der Waals surface area contributed by atoms with Crippen LogP contribution in [0.4, 0.5) is 0 Å². The van der Waals surface area contributed by atoms with Gasteiger partial charge in [-0.1, -0.05) is 363 Å². The summed E-state index contributed by atoms with van der Waals surface area (Å²) >= 11 is 0. The third-order valence-corrected chi connectivity index (χ3v) is 16.2. The lowest BCUT2D eigenvalue weighted by Gasteiger charge is -2.18. The molecular weight excluding hydrogens is 1020 g/mol. The molecule has 0 aliphatic carbocycles. The monoisotopic (exact) mass is 1160 g/mol. The van der Waals surface area contributed by atoms with Crippen molar-refractivity contribution in [1.29, 1.82) is 0 Å². The number of esters is 3. The minimum Gasteiger partial charge on any atom is -0.462 e. The highest BCUT2D eigenvalue weighted by Crippen LogP contribution is 2.19. The van der Waals surface area contributed by atoms with Gasteiger partial charge in [-0.2, -0.15) is 0 Å². The second-order valence-corrected chi connectivity index (χ2v) is 24.5. The lowest BCUT2D eigenvalue weighted by atomic mass is 10.0. The quantitative estimate of drug-likeness (QED) is 0.0261. The van der Waals surface area contributed by atoms with E-state index in [1.807, 2.05) is 0 Å². The van der Waals surface area contributed by atoms with E-state index in [2.05, 4.69) is 93.7 Å². The molecule has 0 saturated heterocycles. The second kappa shape index (κ2) is 71.3. The van der Waals surface area contributed by atoms with Crippen LogP contribution in [0.15, 0.2) is 72.9 Å². The Labute approximate surface area is 516 Å². The average molecular weight is 1160 g/mol. The van der Waals surface area contributed by atoms with E-state index in [-0.39, 0.29) is 31.1 Å². The maximum atomic E-state index is 13.0. The molecular formula is C77H138O6. The molecule has 0 aliphatic heterocycles. The molecule has 0 amide bonds. The third kappa shape index (κ3) is 69.5. The van der Waals surface area contributed by atoms with Gasteiger partial charge in [-0.25, -0.2) is 0 Å². The number of unbranched alkanes of at least 4 members (excludes halogenated alkanes) is 44. The van der Waals surface area contributed by atoms with E-state index in [4.69, 9.17) is 14.2 Å². The number of hydrogen-bond donors (Lipinski definition) is 0. The van der Waals surface area contributed by atoms with Gasteiger partial charge in [0.15, 0.2) is 6.10 Å². The van der Waals surface area contributed by atoms with Crippen LogP contribution in [-0.2, 0) is 28.6 Å². The summed E-state index contributed by atoms with van der Waals surface area (Å²) in [7, 11) is 0. The summed E-state index contributed by atoms with van der Waals surface area (Å²) in [6.07, 6.45) is 93.5. The molecule has 0 aromatic heterocycles. The predicted octanol–water partition coefficient (Wildman–Crippen LogP) is 25.2. The first-order valence-corrected chi connectivity index (χ1v) is 36.4. The highest BCUT2D eigenvalue weighted by Gasteiger charge is 2.19. The first kappa shape index (κ1) is 79.8. The minimum atomic E-state index is -0.781. The average Bonchev–Trinajstić information content (AvgIpc) is 3.49. The number of carbonyl (C=O) groups excluding carboxylic acids is 3. The fraction of sp³-hybridized carbons (Fsp3) is 0.805. The lowest BCUT2D eigenvalue weighted by molar-refractivity contribution is -0.167. The van der Waals surface area contributed by atoms with Crippen molar-refractivity contribution in [3.8, 4) is 0 Å². The SMILES string of the molecule is CC/C=C\C/C=C\C/C=C\C/C=C\C/C=C\C/C=C\CCCCCCCCC(=O)OCC(COC(=O)CCCCCCCCCCCCCCCCCCCCCC)OC(=O)CCCCCCCCCCCCCCCCCCCCCC. The Hall–Kier alpha value is -3.15. The third-order valence-electron chi connectivity index (χ3n) is 16.2. The number of carbonyl (C=O) groups is 3. The maximum absolute atomic E-state index is 13.0. The van der Waals surface area contributed by atoms with Crippen molar-refractivity contribution < 1.29 is 28.6 Å². The molecule has 0 saturated carbocycles. The van der Waals surface area contributed by atoms with Crippen molar-refractivity contribution >= 4 is 17.9 Å². The van der Waals surface area contributed by atoms with Gasteiger partial charge in [0.1, 0.15) is 13.2 Å². The first-order valence-electron chi connectivity index (χ1n) is 36.4. The van der Waals surface area contributed by atoms with Crippen molar-refractivity contribution in [2.24, 2.45) is 0 Å². The molecule has 0 aliphatic rings. The van der Waals surface area contributed by atoms with Crippen LogP contribution >= 0.6 is 0 Å². The van der Waals surface area contributed by atoms with Gasteiger partial charge in [-0.05, 0) is 70.6 Å². The van der Waals surface area contributed by atoms with Crippen molar-refractivity contribution in [1.82, 2.24) is 0 Å². The van der Waals surface area contributed by atoms with Gasteiger partial charge in [0.05, 0.1) is 0 Å². The summed E-state index contributed by atoms with van der Waals surface area (Å²) in [5.41, 5.74) is 0. The smallest absolute Gasteiger partial charge is 0.306 e. The molecule has 0 aromatic rings. The van der Waals surface area contributed by atoms with Crippen LogP contribution in [0.25, 0.3) is 0 Å². The molecule has 0 N–H and O–H groups in total. The minimum absolute atomic E-state index is 0.0745. The molecule has 0 bridgehead atoms. The Bertz CT molecular complexity index is 1520. The number of rotatable bonds is 67. The van der Waals surface area contributed by atoms with Crippen LogP contribution in [0.2, 0.25) is 0 Å². The van der Waals surface area contributed by atoms with Crippen LogP contribution in [-0.4, -0.2) is 37.2 Å². The predicted molar refractivity (Wildman–Crippen MR) is 362 cm³/mol. The molecule has 1 atom stereocenters. The van der Waals surface area contributed by atoms with E-state index in [1.165, 1.54) is 238 Å². The highest BCUT2D eigenvalue weighted by molar-refractivity contribution is 5.71. The Balaban J connectivity index is 4.36. The van der Waals surface area contributed by atoms with Gasteiger partial charge in [0.2, 0.25) is 0 Å². The normalized spacial score (nSPS) is 12.5. The molecule has 6 nitrogen and oxygen atoms in total. The van der Waals surface area contributed by atoms with Crippen LogP contribution in [0.5, 0.6) is 0 Å². The topological polar surface area (TPSA) is 78.9 Å². The summed E-state index contributed by atoms with van der Waals surface area (Å²) in [5, 5.41) is 0. The van der Waals surface area contributed by atoms with Crippen molar-refractivity contribution in [3.63, 3.8) is 0 Å². The molecule has 0 rings (SSSR count). The Morgan fingerprint density at radius 3 is 0.735 bits per heavy atom. The molecule has 0 heterocycles. The van der Waals surface area contributed by atoms with Crippen molar-refractivity contribution in [2.45, 2.75) is 386 Å². The zero-order valence-electron chi connectivity index (χ0n) is 55.5. The van der Waals surface area contributed by atoms with Crippen LogP contribution in [0.1, 0.15) is 380 Å². The van der Waals surface area contributed by atoms with Crippen LogP contribution < -0.4 is 0 Å². The van der Waals surface area contributed by atoms with E-state index in [0.717, 1.165) is 103 Å². The maximum Gasteiger partial charge on any atom is 0.306 e. The zero-order valence-corrected chi connectivity index (χ0v) is 55.5. The first-order chi connectivity index (χ1) is 41.0. The zero-order chi connectivity index (χ0) is 59.9. The molecule has 6 heteroatoms.